The van der Waals surface area contributed by atoms with E-state index in [-0.39, 0.29) is 47.4 Å². The molecule has 1 rings (SSSR count). The molecule has 0 N–H and O–H groups in total. The van der Waals surface area contributed by atoms with Gasteiger partial charge in [0.2, 0.25) is 11.8 Å². The number of rotatable bonds is 8. The molecule has 0 saturated carbocycles. The standard InChI is InChI=1S/C28H50N2O10/c1-21(19-23(3)27(33)35-5)25(31)29-7-11-37-15-17-39-13-9-30(10-14-40-18-16-38-12-8-29)26(32)22(2)20-24(4)28(34)36-6/h21-24H,7-20H2,1-6H3/t21-,22+,23-,24-/m1/s1. The second-order valence-corrected chi connectivity index (χ2v) is 10.2. The lowest BCUT2D eigenvalue weighted by Crippen LogP contribution is -2.41. The maximum atomic E-state index is 13.1. The molecule has 12 heteroatoms. The fourth-order valence-electron chi connectivity index (χ4n) is 4.49. The molecule has 1 saturated heterocycles. The Kier molecular flexibility index (Phi) is 18.4. The summed E-state index contributed by atoms with van der Waals surface area (Å²) in [5, 5.41) is 0. The largest absolute Gasteiger partial charge is 0.469 e. The van der Waals surface area contributed by atoms with E-state index in [0.29, 0.717) is 91.9 Å². The Bertz CT molecular complexity index is 683. The molecule has 1 heterocycles. The number of hydrogen-bond donors (Lipinski definition) is 0. The van der Waals surface area contributed by atoms with Crippen molar-refractivity contribution in [2.45, 2.75) is 40.5 Å². The van der Waals surface area contributed by atoms with E-state index in [4.69, 9.17) is 28.4 Å². The minimum absolute atomic E-state index is 0.0650. The Balaban J connectivity index is 2.63. The number of amides is 2. The number of hydrogen-bond acceptors (Lipinski definition) is 10. The van der Waals surface area contributed by atoms with Crippen LogP contribution in [0.4, 0.5) is 0 Å². The number of esters is 2. The Hall–Kier alpha value is -2.28. The SMILES string of the molecule is COC(=O)[C@H](C)C[C@@H](C)C(=O)N1CCOCCOCCN(C(=O)[C@@H](C)C[C@@H](C)C(=O)OC)CCOCCOCC1. The molecule has 232 valence electrons. The van der Waals surface area contributed by atoms with E-state index in [1.807, 2.05) is 13.8 Å². The summed E-state index contributed by atoms with van der Waals surface area (Å²) < 4.78 is 32.3. The topological polar surface area (TPSA) is 130 Å². The molecule has 0 aromatic carbocycles. The van der Waals surface area contributed by atoms with Crippen molar-refractivity contribution in [3.63, 3.8) is 0 Å². The van der Waals surface area contributed by atoms with Crippen molar-refractivity contribution in [3.8, 4) is 0 Å². The van der Waals surface area contributed by atoms with Gasteiger partial charge in [0.1, 0.15) is 0 Å². The molecule has 40 heavy (non-hydrogen) atoms. The van der Waals surface area contributed by atoms with Crippen LogP contribution in [0.5, 0.6) is 0 Å². The molecule has 0 unspecified atom stereocenters. The molecule has 0 aromatic heterocycles. The quantitative estimate of drug-likeness (QED) is 0.392. The highest BCUT2D eigenvalue weighted by molar-refractivity contribution is 5.80. The van der Waals surface area contributed by atoms with Gasteiger partial charge in [-0.15, -0.1) is 0 Å². The average Bonchev–Trinajstić information content (AvgIpc) is 2.94. The number of ether oxygens (including phenoxy) is 6. The van der Waals surface area contributed by atoms with Crippen molar-refractivity contribution in [1.29, 1.82) is 0 Å². The molecule has 0 aliphatic carbocycles. The number of carbonyl (C=O) groups is 4. The minimum atomic E-state index is -0.371. The lowest BCUT2D eigenvalue weighted by Gasteiger charge is -2.27. The zero-order chi connectivity index (χ0) is 29.9. The van der Waals surface area contributed by atoms with E-state index in [1.54, 1.807) is 23.6 Å². The van der Waals surface area contributed by atoms with E-state index >= 15 is 0 Å². The van der Waals surface area contributed by atoms with Crippen LogP contribution in [0.25, 0.3) is 0 Å². The van der Waals surface area contributed by atoms with Gasteiger partial charge < -0.3 is 38.2 Å². The monoisotopic (exact) mass is 574 g/mol. The molecule has 0 spiro atoms. The summed E-state index contributed by atoms with van der Waals surface area (Å²) in [4.78, 5) is 53.1. The minimum Gasteiger partial charge on any atom is -0.469 e. The second kappa shape index (κ2) is 20.6. The van der Waals surface area contributed by atoms with E-state index in [1.165, 1.54) is 14.2 Å². The van der Waals surface area contributed by atoms with Crippen molar-refractivity contribution in [2.24, 2.45) is 23.7 Å². The summed E-state index contributed by atoms with van der Waals surface area (Å²) in [5.41, 5.74) is 0. The molecule has 1 fully saturated rings. The van der Waals surface area contributed by atoms with Crippen LogP contribution in [0.15, 0.2) is 0 Å². The first-order chi connectivity index (χ1) is 19.1. The van der Waals surface area contributed by atoms with Crippen molar-refractivity contribution < 1.29 is 47.6 Å². The molecule has 0 bridgehead atoms. The summed E-state index contributed by atoms with van der Waals surface area (Å²) in [5.74, 6) is -2.24. The average molecular weight is 575 g/mol. The number of methoxy groups -OCH3 is 2. The third-order valence-corrected chi connectivity index (χ3v) is 6.85. The molecule has 4 atom stereocenters. The fraction of sp³-hybridized carbons (Fsp3) is 0.857. The lowest BCUT2D eigenvalue weighted by atomic mass is 9.96. The van der Waals surface area contributed by atoms with Gasteiger partial charge in [-0.25, -0.2) is 0 Å². The van der Waals surface area contributed by atoms with Gasteiger partial charge in [0.25, 0.3) is 0 Å². The summed E-state index contributed by atoms with van der Waals surface area (Å²) >= 11 is 0. The van der Waals surface area contributed by atoms with Crippen LogP contribution in [0.3, 0.4) is 0 Å². The van der Waals surface area contributed by atoms with Crippen LogP contribution >= 0.6 is 0 Å². The molecule has 2 amide bonds. The van der Waals surface area contributed by atoms with E-state index in [9.17, 15) is 19.2 Å². The Morgan fingerprint density at radius 3 is 1.05 bits per heavy atom. The fourth-order valence-corrected chi connectivity index (χ4v) is 4.49. The highest BCUT2D eigenvalue weighted by atomic mass is 16.5. The number of carbonyl (C=O) groups excluding carboxylic acids is 4. The normalized spacial score (nSPS) is 20.2. The summed E-state index contributed by atoms with van der Waals surface area (Å²) in [6, 6.07) is 0. The van der Waals surface area contributed by atoms with E-state index in [2.05, 4.69) is 0 Å². The third kappa shape index (κ3) is 13.9. The summed E-state index contributed by atoms with van der Waals surface area (Å²) in [6.45, 7) is 11.4. The summed E-state index contributed by atoms with van der Waals surface area (Å²) in [7, 11) is 2.68. The van der Waals surface area contributed by atoms with Crippen LogP contribution in [0, 0.1) is 23.7 Å². The molecular formula is C28H50N2O10. The van der Waals surface area contributed by atoms with Gasteiger partial charge in [0.15, 0.2) is 0 Å². The Morgan fingerprint density at radius 1 is 0.525 bits per heavy atom. The van der Waals surface area contributed by atoms with Crippen molar-refractivity contribution in [3.05, 3.63) is 0 Å². The van der Waals surface area contributed by atoms with Crippen molar-refractivity contribution >= 4 is 23.8 Å². The van der Waals surface area contributed by atoms with Crippen LogP contribution in [-0.4, -0.2) is 127 Å². The van der Waals surface area contributed by atoms with Crippen LogP contribution in [0.1, 0.15) is 40.5 Å². The third-order valence-electron chi connectivity index (χ3n) is 6.85. The van der Waals surface area contributed by atoms with E-state index in [0.717, 1.165) is 0 Å². The van der Waals surface area contributed by atoms with Crippen LogP contribution in [-0.2, 0) is 47.6 Å². The Morgan fingerprint density at radius 2 is 0.800 bits per heavy atom. The molecular weight excluding hydrogens is 524 g/mol. The molecule has 1 aliphatic heterocycles. The zero-order valence-electron chi connectivity index (χ0n) is 25.2. The molecule has 1 aliphatic rings. The molecule has 0 radical (unpaired) electrons. The van der Waals surface area contributed by atoms with Crippen molar-refractivity contribution in [1.82, 2.24) is 9.80 Å². The first kappa shape index (κ1) is 35.7. The van der Waals surface area contributed by atoms with Crippen LogP contribution in [0.2, 0.25) is 0 Å². The van der Waals surface area contributed by atoms with Gasteiger partial charge in [0, 0.05) is 38.0 Å². The lowest BCUT2D eigenvalue weighted by molar-refractivity contribution is -0.147. The second-order valence-electron chi connectivity index (χ2n) is 10.2. The van der Waals surface area contributed by atoms with Gasteiger partial charge in [-0.2, -0.15) is 0 Å². The van der Waals surface area contributed by atoms with Gasteiger partial charge in [-0.1, -0.05) is 27.7 Å². The van der Waals surface area contributed by atoms with Gasteiger partial charge in [0.05, 0.1) is 78.9 Å². The predicted octanol–water partition coefficient (Wildman–Crippen LogP) is 1.39. The first-order valence-electron chi connectivity index (χ1n) is 14.2. The Labute approximate surface area is 238 Å². The summed E-state index contributed by atoms with van der Waals surface area (Å²) in [6.07, 6.45) is 0.794. The maximum absolute atomic E-state index is 13.1. The highest BCUT2D eigenvalue weighted by Crippen LogP contribution is 2.17. The van der Waals surface area contributed by atoms with E-state index < -0.39 is 0 Å². The smallest absolute Gasteiger partial charge is 0.308 e. The van der Waals surface area contributed by atoms with Crippen LogP contribution < -0.4 is 0 Å². The molecule has 0 aromatic rings. The first-order valence-corrected chi connectivity index (χ1v) is 14.2. The van der Waals surface area contributed by atoms with Gasteiger partial charge in [-0.05, 0) is 12.8 Å². The molecule has 12 nitrogen and oxygen atoms in total. The van der Waals surface area contributed by atoms with Gasteiger partial charge in [-0.3, -0.25) is 19.2 Å². The highest BCUT2D eigenvalue weighted by Gasteiger charge is 2.26. The van der Waals surface area contributed by atoms with Crippen molar-refractivity contribution in [2.75, 3.05) is 93.3 Å². The zero-order valence-corrected chi connectivity index (χ0v) is 25.2. The maximum Gasteiger partial charge on any atom is 0.308 e. The predicted molar refractivity (Wildman–Crippen MR) is 146 cm³/mol. The number of nitrogens with zero attached hydrogens (tertiary/aromatic N) is 2. The van der Waals surface area contributed by atoms with Gasteiger partial charge >= 0.3 is 11.9 Å².